The first kappa shape index (κ1) is 30.9. The Morgan fingerprint density at radius 1 is 1.29 bits per heavy atom. The molecule has 1 aromatic heterocycles. The second-order valence-corrected chi connectivity index (χ2v) is 12.5. The predicted molar refractivity (Wildman–Crippen MR) is 149 cm³/mol. The van der Waals surface area contributed by atoms with Crippen molar-refractivity contribution in [1.82, 2.24) is 14.6 Å². The molecule has 0 aliphatic carbocycles. The lowest BCUT2D eigenvalue weighted by molar-refractivity contribution is -0.149. The molecule has 0 saturated carbocycles. The molecule has 0 amide bonds. The van der Waals surface area contributed by atoms with Gasteiger partial charge in [0.05, 0.1) is 18.9 Å². The highest BCUT2D eigenvalue weighted by molar-refractivity contribution is 7.52. The topological polar surface area (TPSA) is 164 Å². The lowest BCUT2D eigenvalue weighted by atomic mass is 10.0. The molecule has 2 heterocycles. The normalized spacial score (nSPS) is 24.7. The van der Waals surface area contributed by atoms with Crippen LogP contribution in [-0.4, -0.2) is 56.5 Å². The monoisotopic (exact) mass is 612 g/mol. The standard InChI is InChI=1S/C26H31ClFN4O8P/c1-14(2)38-23(34)15(3)31-41(36,40-19-11-7-9-16-8-5-6-10-17(16)19)37-13-20-21(33)26(4,27)24(39-20)32-12-18(28)22(29)30-25(32)35/h5-12,14-15,20-21,24,33H,13H2,1-4H3,(H,31,36)(H2,29,30,35)/t15-,20-,21-,24-,26-,41-/m1/s1. The molecule has 0 bridgehead atoms. The van der Waals surface area contributed by atoms with Gasteiger partial charge in [-0.1, -0.05) is 36.4 Å². The van der Waals surface area contributed by atoms with E-state index < -0.39 is 73.1 Å². The van der Waals surface area contributed by atoms with Crippen molar-refractivity contribution in [3.8, 4) is 5.75 Å². The predicted octanol–water partition coefficient (Wildman–Crippen LogP) is 3.51. The van der Waals surface area contributed by atoms with Crippen LogP contribution >= 0.6 is 19.3 Å². The van der Waals surface area contributed by atoms with Gasteiger partial charge in [-0.15, -0.1) is 11.6 Å². The van der Waals surface area contributed by atoms with E-state index in [4.69, 9.17) is 35.9 Å². The number of hydrogen-bond acceptors (Lipinski definition) is 10. The van der Waals surface area contributed by atoms with Gasteiger partial charge in [-0.3, -0.25) is 13.9 Å². The van der Waals surface area contributed by atoms with Crippen LogP contribution in [0.5, 0.6) is 5.75 Å². The summed E-state index contributed by atoms with van der Waals surface area (Å²) in [5.41, 5.74) is 4.40. The number of alkyl halides is 1. The summed E-state index contributed by atoms with van der Waals surface area (Å²) < 4.78 is 51.5. The molecule has 1 fully saturated rings. The third-order valence-electron chi connectivity index (χ3n) is 6.34. The average Bonchev–Trinajstić information content (AvgIpc) is 3.13. The van der Waals surface area contributed by atoms with Gasteiger partial charge in [0.2, 0.25) is 0 Å². The van der Waals surface area contributed by atoms with E-state index in [9.17, 15) is 23.7 Å². The number of carbonyl (C=O) groups excluding carboxylic acids is 1. The summed E-state index contributed by atoms with van der Waals surface area (Å²) >= 11 is 6.55. The van der Waals surface area contributed by atoms with Crippen LogP contribution in [0.4, 0.5) is 10.2 Å². The largest absolute Gasteiger partial charge is 0.462 e. The summed E-state index contributed by atoms with van der Waals surface area (Å²) in [4.78, 5) is 26.6. The minimum atomic E-state index is -4.38. The number of carbonyl (C=O) groups is 1. The second kappa shape index (κ2) is 12.0. The van der Waals surface area contributed by atoms with Crippen molar-refractivity contribution in [2.75, 3.05) is 12.3 Å². The summed E-state index contributed by atoms with van der Waals surface area (Å²) in [5.74, 6) is -2.10. The number of nitrogens with two attached hydrogens (primary N) is 1. The Morgan fingerprint density at radius 2 is 1.98 bits per heavy atom. The Balaban J connectivity index is 1.60. The molecule has 2 aromatic carbocycles. The van der Waals surface area contributed by atoms with Crippen molar-refractivity contribution in [3.63, 3.8) is 0 Å². The lowest BCUT2D eigenvalue weighted by Crippen LogP contribution is -2.42. The number of aliphatic hydroxyl groups excluding tert-OH is 1. The smallest absolute Gasteiger partial charge is 0.459 e. The van der Waals surface area contributed by atoms with Gasteiger partial charge >= 0.3 is 19.4 Å². The second-order valence-electron chi connectivity index (χ2n) is 9.99. The molecule has 222 valence electrons. The van der Waals surface area contributed by atoms with Gasteiger partial charge in [-0.05, 0) is 39.1 Å². The van der Waals surface area contributed by atoms with Gasteiger partial charge in [0.25, 0.3) is 0 Å². The summed E-state index contributed by atoms with van der Waals surface area (Å²) in [6, 6.07) is 11.2. The minimum absolute atomic E-state index is 0.200. The van der Waals surface area contributed by atoms with Crippen LogP contribution in [-0.2, 0) is 23.4 Å². The number of nitrogens with zero attached hydrogens (tertiary/aromatic N) is 2. The number of aliphatic hydroxyl groups is 1. The first-order chi connectivity index (χ1) is 19.2. The number of ether oxygens (including phenoxy) is 2. The van der Waals surface area contributed by atoms with E-state index in [-0.39, 0.29) is 5.75 Å². The van der Waals surface area contributed by atoms with Crippen LogP contribution in [0.2, 0.25) is 0 Å². The molecule has 4 rings (SSSR count). The highest BCUT2D eigenvalue weighted by Gasteiger charge is 2.54. The fraction of sp³-hybridized carbons (Fsp3) is 0.423. The summed E-state index contributed by atoms with van der Waals surface area (Å²) in [6.07, 6.45) is -3.81. The first-order valence-corrected chi connectivity index (χ1v) is 14.6. The van der Waals surface area contributed by atoms with Crippen molar-refractivity contribution in [1.29, 1.82) is 0 Å². The molecule has 3 aromatic rings. The van der Waals surface area contributed by atoms with Gasteiger partial charge in [0, 0.05) is 5.39 Å². The maximum atomic E-state index is 14.1. The molecule has 0 unspecified atom stereocenters. The molecule has 41 heavy (non-hydrogen) atoms. The minimum Gasteiger partial charge on any atom is -0.462 e. The van der Waals surface area contributed by atoms with Crippen molar-refractivity contribution in [2.24, 2.45) is 0 Å². The molecule has 1 aliphatic heterocycles. The Hall–Kier alpha value is -3.06. The van der Waals surface area contributed by atoms with Gasteiger partial charge in [-0.2, -0.15) is 10.1 Å². The number of halogens is 2. The number of aromatic nitrogens is 2. The average molecular weight is 613 g/mol. The van der Waals surface area contributed by atoms with E-state index >= 15 is 0 Å². The number of nitrogen functional groups attached to an aromatic ring is 1. The number of rotatable bonds is 10. The fourth-order valence-electron chi connectivity index (χ4n) is 4.27. The van der Waals surface area contributed by atoms with E-state index in [2.05, 4.69) is 10.1 Å². The number of benzene rings is 2. The zero-order valence-corrected chi connectivity index (χ0v) is 24.3. The zero-order valence-electron chi connectivity index (χ0n) is 22.7. The van der Waals surface area contributed by atoms with Crippen LogP contribution in [0.25, 0.3) is 10.8 Å². The fourth-order valence-corrected chi connectivity index (χ4v) is 6.08. The third-order valence-corrected chi connectivity index (χ3v) is 8.38. The van der Waals surface area contributed by atoms with Gasteiger partial charge in [-0.25, -0.2) is 13.8 Å². The van der Waals surface area contributed by atoms with E-state index in [1.807, 2.05) is 18.2 Å². The summed E-state index contributed by atoms with van der Waals surface area (Å²) in [7, 11) is -4.38. The summed E-state index contributed by atoms with van der Waals surface area (Å²) in [6.45, 7) is 5.56. The molecule has 0 radical (unpaired) electrons. The molecule has 1 aliphatic rings. The van der Waals surface area contributed by atoms with E-state index in [0.717, 1.165) is 16.2 Å². The first-order valence-electron chi connectivity index (χ1n) is 12.7. The Morgan fingerprint density at radius 3 is 2.68 bits per heavy atom. The quantitative estimate of drug-likeness (QED) is 0.174. The van der Waals surface area contributed by atoms with Crippen molar-refractivity contribution >= 4 is 41.9 Å². The highest BCUT2D eigenvalue weighted by atomic mass is 35.5. The number of hydrogen-bond donors (Lipinski definition) is 3. The molecule has 1 saturated heterocycles. The van der Waals surface area contributed by atoms with Crippen molar-refractivity contribution in [2.45, 2.75) is 63.2 Å². The highest BCUT2D eigenvalue weighted by Crippen LogP contribution is 2.49. The van der Waals surface area contributed by atoms with E-state index in [0.29, 0.717) is 5.39 Å². The maximum absolute atomic E-state index is 14.1. The Labute approximate surface area is 240 Å². The lowest BCUT2D eigenvalue weighted by Gasteiger charge is -2.26. The van der Waals surface area contributed by atoms with E-state index in [1.165, 1.54) is 13.8 Å². The number of nitrogens with one attached hydrogen (secondary N) is 1. The Kier molecular flexibility index (Phi) is 9.07. The van der Waals surface area contributed by atoms with Gasteiger partial charge in [0.1, 0.15) is 28.9 Å². The SMILES string of the molecule is CC(C)OC(=O)[C@@H](C)N[P@@](=O)(OC[C@H]1O[C@@H](n2cc(F)c(N)nc2=O)[C@](C)(Cl)[C@@H]1O)Oc1cccc2ccccc12. The molecule has 4 N–H and O–H groups in total. The molecular formula is C26H31ClFN4O8P. The number of esters is 1. The van der Waals surface area contributed by atoms with Gasteiger partial charge in [0.15, 0.2) is 17.9 Å². The number of fused-ring (bicyclic) bond motifs is 1. The number of anilines is 1. The maximum Gasteiger partial charge on any atom is 0.459 e. The van der Waals surface area contributed by atoms with Crippen molar-refractivity contribution in [3.05, 3.63) is 65.0 Å². The molecular weight excluding hydrogens is 582 g/mol. The van der Waals surface area contributed by atoms with Crippen molar-refractivity contribution < 1.29 is 37.4 Å². The van der Waals surface area contributed by atoms with Crippen LogP contribution in [0.15, 0.2) is 53.5 Å². The third kappa shape index (κ3) is 6.72. The molecule has 15 heteroatoms. The zero-order chi connectivity index (χ0) is 30.1. The van der Waals surface area contributed by atoms with Crippen LogP contribution in [0, 0.1) is 5.82 Å². The Bertz CT molecular complexity index is 1530. The van der Waals surface area contributed by atoms with Crippen LogP contribution in [0.1, 0.15) is 33.9 Å². The summed E-state index contributed by atoms with van der Waals surface area (Å²) in [5, 5.41) is 14.9. The molecule has 12 nitrogen and oxygen atoms in total. The van der Waals surface area contributed by atoms with Crippen LogP contribution in [0.3, 0.4) is 0 Å². The van der Waals surface area contributed by atoms with E-state index in [1.54, 1.807) is 38.1 Å². The molecule has 6 atom stereocenters. The molecule has 0 spiro atoms. The van der Waals surface area contributed by atoms with Gasteiger partial charge < -0.3 is 24.8 Å². The van der Waals surface area contributed by atoms with Crippen LogP contribution < -0.4 is 21.0 Å².